The third-order valence-electron chi connectivity index (χ3n) is 9.06. The van der Waals surface area contributed by atoms with E-state index in [-0.39, 0.29) is 45.5 Å². The predicted molar refractivity (Wildman–Crippen MR) is 185 cm³/mol. The van der Waals surface area contributed by atoms with E-state index in [1.165, 1.54) is 50.6 Å². The first-order valence-electron chi connectivity index (χ1n) is 16.1. The van der Waals surface area contributed by atoms with E-state index in [2.05, 4.69) is 9.97 Å². The molecule has 2 saturated carbocycles. The Bertz CT molecular complexity index is 2450. The third kappa shape index (κ3) is 6.21. The van der Waals surface area contributed by atoms with E-state index in [0.717, 1.165) is 41.1 Å². The van der Waals surface area contributed by atoms with E-state index in [4.69, 9.17) is 21.2 Å². The fourth-order valence-corrected chi connectivity index (χ4v) is 6.21. The average Bonchev–Trinajstić information content (AvgIpc) is 4.06. The standard InChI is InChI=1S/C19H16F3N3O2.C18H16FN3O2/c1-27-15-4-2-3-13(19(20,21)22)16(15)11-7-8-14-12(9-11)18(26)25(23)17(24-14)10-5-6-10;1-24-15-8-7-11(19)9-14(15)12-3-2-4-13-16(12)21-17(10-5-6-10)22(20)18(13)23/h2-4,7-10H,5-6,23H2,1H3;2-4,7-10H,5-6,20H2,1H3. The summed E-state index contributed by atoms with van der Waals surface area (Å²) in [4.78, 5) is 34.3. The van der Waals surface area contributed by atoms with Crippen molar-refractivity contribution in [1.29, 1.82) is 0 Å². The molecule has 0 amide bonds. The first-order chi connectivity index (χ1) is 24.4. The minimum Gasteiger partial charge on any atom is -0.496 e. The maximum atomic E-state index is 13.8. The van der Waals surface area contributed by atoms with Gasteiger partial charge in [0, 0.05) is 28.5 Å². The summed E-state index contributed by atoms with van der Waals surface area (Å²) in [5, 5.41) is 0.573. The largest absolute Gasteiger partial charge is 0.496 e. The average molecular weight is 701 g/mol. The molecule has 4 aromatic carbocycles. The van der Waals surface area contributed by atoms with E-state index < -0.39 is 17.3 Å². The number of fused-ring (bicyclic) bond motifs is 2. The van der Waals surface area contributed by atoms with Gasteiger partial charge >= 0.3 is 6.18 Å². The van der Waals surface area contributed by atoms with Gasteiger partial charge in [-0.1, -0.05) is 24.3 Å². The van der Waals surface area contributed by atoms with Gasteiger partial charge in [0.25, 0.3) is 11.1 Å². The number of hydrogen-bond donors (Lipinski definition) is 2. The SMILES string of the molecule is COc1ccc(F)cc1-c1cccc2c(=O)n(N)c(C3CC3)nc12.COc1cccc(C(F)(F)F)c1-c1ccc2nc(C3CC3)n(N)c(=O)c2c1. The summed E-state index contributed by atoms with van der Waals surface area (Å²) in [6, 6.07) is 17.7. The van der Waals surface area contributed by atoms with Crippen LogP contribution in [0.15, 0.2) is 82.4 Å². The molecule has 0 spiro atoms. The van der Waals surface area contributed by atoms with Crippen molar-refractivity contribution in [2.75, 3.05) is 25.9 Å². The molecule has 0 saturated heterocycles. The van der Waals surface area contributed by atoms with Crippen molar-refractivity contribution in [1.82, 2.24) is 19.3 Å². The van der Waals surface area contributed by atoms with Gasteiger partial charge in [-0.15, -0.1) is 0 Å². The first-order valence-corrected chi connectivity index (χ1v) is 16.1. The summed E-state index contributed by atoms with van der Waals surface area (Å²) in [7, 11) is 2.83. The van der Waals surface area contributed by atoms with Crippen LogP contribution < -0.4 is 32.3 Å². The third-order valence-corrected chi connectivity index (χ3v) is 9.06. The second-order valence-corrected chi connectivity index (χ2v) is 12.5. The predicted octanol–water partition coefficient (Wildman–Crippen LogP) is 6.48. The van der Waals surface area contributed by atoms with Gasteiger partial charge in [-0.25, -0.2) is 23.7 Å². The van der Waals surface area contributed by atoms with E-state index in [9.17, 15) is 27.2 Å². The van der Waals surface area contributed by atoms with Gasteiger partial charge in [0.1, 0.15) is 29.0 Å². The summed E-state index contributed by atoms with van der Waals surface area (Å²) in [6.45, 7) is 0. The van der Waals surface area contributed by atoms with Gasteiger partial charge in [0.15, 0.2) is 0 Å². The Hall–Kier alpha value is -5.92. The van der Waals surface area contributed by atoms with Crippen LogP contribution in [0.5, 0.6) is 11.5 Å². The lowest BCUT2D eigenvalue weighted by molar-refractivity contribution is -0.137. The smallest absolute Gasteiger partial charge is 0.417 e. The highest BCUT2D eigenvalue weighted by Gasteiger charge is 2.35. The highest BCUT2D eigenvalue weighted by atomic mass is 19.4. The molecular formula is C37H32F4N6O4. The van der Waals surface area contributed by atoms with Crippen molar-refractivity contribution in [2.24, 2.45) is 0 Å². The highest BCUT2D eigenvalue weighted by Crippen LogP contribution is 2.43. The molecule has 0 aliphatic heterocycles. The quantitative estimate of drug-likeness (QED) is 0.149. The van der Waals surface area contributed by atoms with E-state index in [0.29, 0.717) is 44.9 Å². The highest BCUT2D eigenvalue weighted by molar-refractivity contribution is 5.95. The summed E-state index contributed by atoms with van der Waals surface area (Å²) in [5.74, 6) is 13.5. The number of ether oxygens (including phenoxy) is 2. The number of halogens is 4. The Balaban J connectivity index is 0.000000160. The Morgan fingerprint density at radius 3 is 1.98 bits per heavy atom. The number of hydrogen-bond acceptors (Lipinski definition) is 8. The van der Waals surface area contributed by atoms with Gasteiger partial charge < -0.3 is 21.2 Å². The Morgan fingerprint density at radius 1 is 0.725 bits per heavy atom. The molecular weight excluding hydrogens is 668 g/mol. The zero-order valence-electron chi connectivity index (χ0n) is 27.5. The molecule has 0 radical (unpaired) electrons. The number of methoxy groups -OCH3 is 2. The Morgan fingerprint density at radius 2 is 1.35 bits per heavy atom. The van der Waals surface area contributed by atoms with Crippen LogP contribution in [-0.4, -0.2) is 33.5 Å². The summed E-state index contributed by atoms with van der Waals surface area (Å²) in [6.07, 6.45) is -0.783. The number of aromatic nitrogens is 4. The second kappa shape index (κ2) is 12.8. The zero-order chi connectivity index (χ0) is 36.2. The van der Waals surface area contributed by atoms with Crippen molar-refractivity contribution >= 4 is 21.8 Å². The van der Waals surface area contributed by atoms with E-state index >= 15 is 0 Å². The number of benzene rings is 4. The number of para-hydroxylation sites is 1. The molecule has 2 heterocycles. The van der Waals surface area contributed by atoms with E-state index in [1.54, 1.807) is 24.3 Å². The van der Waals surface area contributed by atoms with Crippen LogP contribution in [0.1, 0.15) is 54.7 Å². The van der Waals surface area contributed by atoms with E-state index in [1.807, 2.05) is 6.07 Å². The molecule has 262 valence electrons. The lowest BCUT2D eigenvalue weighted by Crippen LogP contribution is -2.31. The first kappa shape index (κ1) is 33.6. The molecule has 2 aliphatic carbocycles. The number of nitrogen functional groups attached to an aromatic ring is 2. The topological polar surface area (TPSA) is 140 Å². The van der Waals surface area contributed by atoms with Crippen LogP contribution in [0, 0.1) is 5.82 Å². The minimum atomic E-state index is -4.57. The van der Waals surface area contributed by atoms with Crippen LogP contribution in [-0.2, 0) is 6.18 Å². The van der Waals surface area contributed by atoms with Crippen LogP contribution in [0.4, 0.5) is 17.6 Å². The van der Waals surface area contributed by atoms with Gasteiger partial charge in [-0.05, 0) is 79.8 Å². The minimum absolute atomic E-state index is 0.0693. The summed E-state index contributed by atoms with van der Waals surface area (Å²) >= 11 is 0. The molecule has 0 bridgehead atoms. The molecule has 0 atom stereocenters. The molecule has 4 N–H and O–H groups in total. The van der Waals surface area contributed by atoms with Crippen molar-refractivity contribution in [3.63, 3.8) is 0 Å². The van der Waals surface area contributed by atoms with Crippen LogP contribution >= 0.6 is 0 Å². The van der Waals surface area contributed by atoms with Gasteiger partial charge in [0.05, 0.1) is 41.6 Å². The fourth-order valence-electron chi connectivity index (χ4n) is 6.21. The molecule has 10 nitrogen and oxygen atoms in total. The number of nitrogens with zero attached hydrogens (tertiary/aromatic N) is 4. The van der Waals surface area contributed by atoms with Gasteiger partial charge in [-0.3, -0.25) is 9.59 Å². The van der Waals surface area contributed by atoms with Crippen molar-refractivity contribution in [2.45, 2.75) is 43.7 Å². The fraction of sp³-hybridized carbons (Fsp3) is 0.243. The maximum Gasteiger partial charge on any atom is 0.417 e. The number of rotatable bonds is 6. The molecule has 51 heavy (non-hydrogen) atoms. The molecule has 14 heteroatoms. The van der Waals surface area contributed by atoms with Gasteiger partial charge in [0.2, 0.25) is 0 Å². The molecule has 2 aromatic heterocycles. The second-order valence-electron chi connectivity index (χ2n) is 12.5. The summed E-state index contributed by atoms with van der Waals surface area (Å²) < 4.78 is 66.9. The zero-order valence-corrected chi connectivity index (χ0v) is 27.5. The molecule has 2 aliphatic rings. The molecule has 2 fully saturated rings. The normalized spacial score (nSPS) is 14.3. The van der Waals surface area contributed by atoms with Crippen LogP contribution in [0.25, 0.3) is 44.1 Å². The van der Waals surface area contributed by atoms with Gasteiger partial charge in [-0.2, -0.15) is 13.2 Å². The van der Waals surface area contributed by atoms with Crippen molar-refractivity contribution in [3.05, 3.63) is 117 Å². The number of nitrogens with two attached hydrogens (primary N) is 2. The van der Waals surface area contributed by atoms with Crippen molar-refractivity contribution < 1.29 is 27.0 Å². The molecule has 8 rings (SSSR count). The van der Waals surface area contributed by atoms with Crippen molar-refractivity contribution in [3.8, 4) is 33.8 Å². The lowest BCUT2D eigenvalue weighted by Gasteiger charge is -2.17. The number of alkyl halides is 3. The summed E-state index contributed by atoms with van der Waals surface area (Å²) in [5.41, 5.74) is 0.637. The Labute approximate surface area is 287 Å². The molecule has 0 unspecified atom stereocenters. The molecule has 6 aromatic rings. The lowest BCUT2D eigenvalue weighted by atomic mass is 9.97. The van der Waals surface area contributed by atoms with Crippen LogP contribution in [0.3, 0.4) is 0 Å². The Kier molecular flexibility index (Phi) is 8.40. The van der Waals surface area contributed by atoms with Crippen LogP contribution in [0.2, 0.25) is 0 Å². The monoisotopic (exact) mass is 700 g/mol. The maximum absolute atomic E-state index is 13.8.